The van der Waals surface area contributed by atoms with Crippen LogP contribution >= 0.6 is 12.4 Å². The molecule has 1 saturated heterocycles. The lowest BCUT2D eigenvalue weighted by atomic mass is 9.99. The normalized spacial score (nSPS) is 17.0. The average molecular weight is 425 g/mol. The number of nitrogens with zero attached hydrogens (tertiary/aromatic N) is 2. The molecule has 1 aliphatic heterocycles. The fourth-order valence-corrected chi connectivity index (χ4v) is 3.55. The minimum absolute atomic E-state index is 0. The summed E-state index contributed by atoms with van der Waals surface area (Å²) in [4.78, 5) is 0. The minimum atomic E-state index is -4.62. The number of benzene rings is 2. The van der Waals surface area contributed by atoms with Crippen molar-refractivity contribution in [2.45, 2.75) is 25.1 Å². The van der Waals surface area contributed by atoms with Crippen LogP contribution in [0, 0.1) is 0 Å². The molecule has 0 radical (unpaired) electrons. The van der Waals surface area contributed by atoms with Gasteiger partial charge in [-0.1, -0.05) is 24.3 Å². The number of phenolic OH excluding ortho intramolecular Hbond substituents is 1. The van der Waals surface area contributed by atoms with Crippen LogP contribution in [0.1, 0.15) is 18.4 Å². The third-order valence-electron chi connectivity index (χ3n) is 4.89. The highest BCUT2D eigenvalue weighted by Gasteiger charge is 2.35. The lowest BCUT2D eigenvalue weighted by Gasteiger charge is -2.25. The maximum atomic E-state index is 13.5. The Morgan fingerprint density at radius 2 is 1.83 bits per heavy atom. The average Bonchev–Trinajstić information content (AvgIpc) is 2.69. The zero-order valence-electron chi connectivity index (χ0n) is 15.3. The van der Waals surface area contributed by atoms with Gasteiger partial charge in [0.2, 0.25) is 0 Å². The van der Waals surface area contributed by atoms with E-state index in [0.717, 1.165) is 25.9 Å². The number of hydrogen-bond donors (Lipinski definition) is 3. The number of alkyl halides is 3. The Hall–Kier alpha value is -2.58. The summed E-state index contributed by atoms with van der Waals surface area (Å²) >= 11 is 0. The molecule has 4 rings (SSSR count). The number of aromatic hydroxyl groups is 1. The predicted molar refractivity (Wildman–Crippen MR) is 108 cm³/mol. The molecule has 1 fully saturated rings. The summed E-state index contributed by atoms with van der Waals surface area (Å²) < 4.78 is 40.6. The van der Waals surface area contributed by atoms with Crippen LogP contribution in [0.5, 0.6) is 5.75 Å². The van der Waals surface area contributed by atoms with Gasteiger partial charge in [-0.25, -0.2) is 0 Å². The number of rotatable bonds is 3. The molecule has 0 saturated carbocycles. The van der Waals surface area contributed by atoms with Crippen LogP contribution in [0.2, 0.25) is 0 Å². The smallest absolute Gasteiger partial charge is 0.417 e. The number of nitrogens with one attached hydrogen (secondary N) is 2. The van der Waals surface area contributed by atoms with Crippen molar-refractivity contribution < 1.29 is 18.3 Å². The van der Waals surface area contributed by atoms with E-state index in [4.69, 9.17) is 0 Å². The van der Waals surface area contributed by atoms with Crippen molar-refractivity contribution >= 4 is 29.0 Å². The number of anilines is 1. The third kappa shape index (κ3) is 4.38. The van der Waals surface area contributed by atoms with E-state index in [2.05, 4.69) is 20.8 Å². The van der Waals surface area contributed by atoms with Crippen molar-refractivity contribution in [3.63, 3.8) is 0 Å². The fourth-order valence-electron chi connectivity index (χ4n) is 3.55. The molecule has 154 valence electrons. The molecule has 1 atom stereocenters. The SMILES string of the molecule is Cl.Oc1ccc(-c2nnc(N[C@@H]3CCCNC3)c3ccccc23)c(C(F)(F)F)c1. The molecule has 9 heteroatoms. The van der Waals surface area contributed by atoms with Crippen molar-refractivity contribution in [1.82, 2.24) is 15.5 Å². The monoisotopic (exact) mass is 424 g/mol. The van der Waals surface area contributed by atoms with Gasteiger partial charge in [0.25, 0.3) is 0 Å². The summed E-state index contributed by atoms with van der Waals surface area (Å²) in [6.45, 7) is 1.78. The lowest BCUT2D eigenvalue weighted by molar-refractivity contribution is -0.137. The van der Waals surface area contributed by atoms with E-state index in [1.165, 1.54) is 12.1 Å². The van der Waals surface area contributed by atoms with E-state index in [0.29, 0.717) is 22.7 Å². The summed E-state index contributed by atoms with van der Waals surface area (Å²) in [5.41, 5.74) is -0.917. The van der Waals surface area contributed by atoms with E-state index in [1.54, 1.807) is 12.1 Å². The maximum absolute atomic E-state index is 13.5. The van der Waals surface area contributed by atoms with Gasteiger partial charge in [0.1, 0.15) is 11.4 Å². The van der Waals surface area contributed by atoms with Crippen LogP contribution in [0.25, 0.3) is 22.0 Å². The third-order valence-corrected chi connectivity index (χ3v) is 4.89. The van der Waals surface area contributed by atoms with Gasteiger partial charge < -0.3 is 15.7 Å². The van der Waals surface area contributed by atoms with Gasteiger partial charge in [-0.2, -0.15) is 13.2 Å². The van der Waals surface area contributed by atoms with Crippen LogP contribution in [0.4, 0.5) is 19.0 Å². The van der Waals surface area contributed by atoms with Crippen molar-refractivity contribution in [2.75, 3.05) is 18.4 Å². The number of halogens is 4. The predicted octanol–water partition coefficient (Wildman–Crippen LogP) is 4.61. The van der Waals surface area contributed by atoms with Gasteiger partial charge in [0, 0.05) is 28.9 Å². The fraction of sp³-hybridized carbons (Fsp3) is 0.300. The van der Waals surface area contributed by atoms with Gasteiger partial charge in [-0.15, -0.1) is 22.6 Å². The van der Waals surface area contributed by atoms with E-state index in [1.807, 2.05) is 12.1 Å². The quantitative estimate of drug-likeness (QED) is 0.573. The summed E-state index contributed by atoms with van der Waals surface area (Å²) in [6.07, 6.45) is -2.59. The summed E-state index contributed by atoms with van der Waals surface area (Å²) in [5, 5.41) is 25.8. The number of hydrogen-bond acceptors (Lipinski definition) is 5. The van der Waals surface area contributed by atoms with E-state index in [9.17, 15) is 18.3 Å². The Morgan fingerprint density at radius 1 is 1.07 bits per heavy atom. The molecule has 3 N–H and O–H groups in total. The molecule has 0 spiro atoms. The van der Waals surface area contributed by atoms with Crippen molar-refractivity contribution in [1.29, 1.82) is 0 Å². The van der Waals surface area contributed by atoms with Gasteiger partial charge in [-0.3, -0.25) is 0 Å². The molecule has 1 aromatic heterocycles. The zero-order valence-corrected chi connectivity index (χ0v) is 16.1. The Morgan fingerprint density at radius 3 is 2.52 bits per heavy atom. The second-order valence-electron chi connectivity index (χ2n) is 6.86. The highest BCUT2D eigenvalue weighted by molar-refractivity contribution is 6.00. The molecule has 1 aliphatic rings. The first kappa shape index (κ1) is 21.1. The van der Waals surface area contributed by atoms with Crippen molar-refractivity contribution in [3.05, 3.63) is 48.0 Å². The highest BCUT2D eigenvalue weighted by atomic mass is 35.5. The Bertz CT molecular complexity index is 1010. The molecule has 0 unspecified atom stereocenters. The summed E-state index contributed by atoms with van der Waals surface area (Å²) in [7, 11) is 0. The van der Waals surface area contributed by atoms with E-state index in [-0.39, 0.29) is 29.7 Å². The Labute approximate surface area is 171 Å². The molecule has 2 heterocycles. The number of aromatic nitrogens is 2. The molecule has 0 aliphatic carbocycles. The standard InChI is InChI=1S/C20H19F3N4O.ClH/c21-20(22,23)17-10-13(28)7-8-16(17)18-14-5-1-2-6-15(14)19(27-26-18)25-12-4-3-9-24-11-12;/h1-2,5-8,10,12,24,28H,3-4,9,11H2,(H,25,27);1H/t12-;/m1./s1. The first-order valence-corrected chi connectivity index (χ1v) is 9.07. The van der Waals surface area contributed by atoms with Gasteiger partial charge in [-0.05, 0) is 37.6 Å². The number of piperidine rings is 1. The minimum Gasteiger partial charge on any atom is -0.508 e. The van der Waals surface area contributed by atoms with E-state index < -0.39 is 17.5 Å². The Balaban J connectivity index is 0.00000240. The molecular weight excluding hydrogens is 405 g/mol. The Kier molecular flexibility index (Phi) is 6.14. The topological polar surface area (TPSA) is 70.1 Å². The van der Waals surface area contributed by atoms with Crippen molar-refractivity contribution in [2.24, 2.45) is 0 Å². The lowest BCUT2D eigenvalue weighted by Crippen LogP contribution is -2.38. The number of fused-ring (bicyclic) bond motifs is 1. The second-order valence-corrected chi connectivity index (χ2v) is 6.86. The van der Waals surface area contributed by atoms with E-state index >= 15 is 0 Å². The van der Waals surface area contributed by atoms with Crippen LogP contribution < -0.4 is 10.6 Å². The van der Waals surface area contributed by atoms with Crippen LogP contribution in [0.15, 0.2) is 42.5 Å². The first-order valence-electron chi connectivity index (χ1n) is 9.07. The number of phenols is 1. The summed E-state index contributed by atoms with van der Waals surface area (Å²) in [6, 6.07) is 10.5. The largest absolute Gasteiger partial charge is 0.508 e. The van der Waals surface area contributed by atoms with Gasteiger partial charge in [0.15, 0.2) is 5.82 Å². The highest BCUT2D eigenvalue weighted by Crippen LogP contribution is 2.40. The molecular formula is C20H20ClF3N4O. The molecule has 0 amide bonds. The van der Waals surface area contributed by atoms with Crippen LogP contribution in [-0.2, 0) is 6.18 Å². The summed E-state index contributed by atoms with van der Waals surface area (Å²) in [5.74, 6) is 0.108. The van der Waals surface area contributed by atoms with Gasteiger partial charge in [0.05, 0.1) is 5.56 Å². The van der Waals surface area contributed by atoms with Gasteiger partial charge >= 0.3 is 6.18 Å². The van der Waals surface area contributed by atoms with Crippen molar-refractivity contribution in [3.8, 4) is 17.0 Å². The molecule has 0 bridgehead atoms. The molecule has 2 aromatic carbocycles. The molecule has 29 heavy (non-hydrogen) atoms. The zero-order chi connectivity index (χ0) is 19.7. The second kappa shape index (κ2) is 8.42. The molecule has 3 aromatic rings. The van der Waals surface area contributed by atoms with Crippen LogP contribution in [0.3, 0.4) is 0 Å². The first-order chi connectivity index (χ1) is 13.4. The molecule has 5 nitrogen and oxygen atoms in total. The van der Waals surface area contributed by atoms with Crippen LogP contribution in [-0.4, -0.2) is 34.4 Å². The maximum Gasteiger partial charge on any atom is 0.417 e.